The molecule has 1 aromatic rings. The van der Waals surface area contributed by atoms with Gasteiger partial charge in [-0.2, -0.15) is 0 Å². The standard InChI is InChI=1S/C13H19NO2/c1-10-5-3-6-11(2)14(10)13(15)9-12-7-4-8-16-12/h4,7-8,10-11H,3,5-6,9H2,1-2H3. The molecule has 2 heterocycles. The fourth-order valence-electron chi connectivity index (χ4n) is 2.57. The Hall–Kier alpha value is -1.25. The minimum atomic E-state index is 0.189. The number of piperidine rings is 1. The van der Waals surface area contributed by atoms with Crippen LogP contribution in [0.1, 0.15) is 38.9 Å². The Kier molecular flexibility index (Phi) is 3.32. The molecule has 1 aliphatic heterocycles. The minimum absolute atomic E-state index is 0.189. The first-order valence-electron chi connectivity index (χ1n) is 6.02. The van der Waals surface area contributed by atoms with E-state index in [1.54, 1.807) is 6.26 Å². The van der Waals surface area contributed by atoms with Crippen LogP contribution in [0.4, 0.5) is 0 Å². The third-order valence-electron chi connectivity index (χ3n) is 3.39. The van der Waals surface area contributed by atoms with Crippen LogP contribution in [-0.4, -0.2) is 22.9 Å². The van der Waals surface area contributed by atoms with Crippen LogP contribution in [0.25, 0.3) is 0 Å². The smallest absolute Gasteiger partial charge is 0.230 e. The Morgan fingerprint density at radius 2 is 2.12 bits per heavy atom. The zero-order valence-corrected chi connectivity index (χ0v) is 9.98. The Balaban J connectivity index is 2.02. The fraction of sp³-hybridized carbons (Fsp3) is 0.615. The summed E-state index contributed by atoms with van der Waals surface area (Å²) in [6, 6.07) is 4.42. The number of furan rings is 1. The molecule has 0 N–H and O–H groups in total. The van der Waals surface area contributed by atoms with Gasteiger partial charge in [0.25, 0.3) is 0 Å². The molecule has 3 heteroatoms. The molecule has 0 spiro atoms. The molecule has 0 aliphatic carbocycles. The van der Waals surface area contributed by atoms with E-state index in [9.17, 15) is 4.79 Å². The Labute approximate surface area is 96.4 Å². The van der Waals surface area contributed by atoms with Crippen molar-refractivity contribution < 1.29 is 9.21 Å². The summed E-state index contributed by atoms with van der Waals surface area (Å²) in [5, 5.41) is 0. The first-order valence-corrected chi connectivity index (χ1v) is 6.02. The normalized spacial score (nSPS) is 25.8. The molecule has 3 nitrogen and oxygen atoms in total. The molecule has 2 unspecified atom stereocenters. The summed E-state index contributed by atoms with van der Waals surface area (Å²) in [5.74, 6) is 0.949. The lowest BCUT2D eigenvalue weighted by Crippen LogP contribution is -2.48. The van der Waals surface area contributed by atoms with Crippen LogP contribution in [-0.2, 0) is 11.2 Å². The van der Waals surface area contributed by atoms with Gasteiger partial charge in [-0.25, -0.2) is 0 Å². The van der Waals surface area contributed by atoms with Crippen molar-refractivity contribution >= 4 is 5.91 Å². The highest BCUT2D eigenvalue weighted by molar-refractivity contribution is 5.78. The highest BCUT2D eigenvalue weighted by Gasteiger charge is 2.28. The van der Waals surface area contributed by atoms with Gasteiger partial charge in [-0.15, -0.1) is 0 Å². The first kappa shape index (κ1) is 11.2. The summed E-state index contributed by atoms with van der Waals surface area (Å²) in [7, 11) is 0. The third kappa shape index (κ3) is 2.29. The second kappa shape index (κ2) is 4.73. The highest BCUT2D eigenvalue weighted by atomic mass is 16.3. The van der Waals surface area contributed by atoms with Gasteiger partial charge < -0.3 is 9.32 Å². The monoisotopic (exact) mass is 221 g/mol. The van der Waals surface area contributed by atoms with Crippen molar-refractivity contribution in [1.29, 1.82) is 0 Å². The molecular formula is C13H19NO2. The largest absolute Gasteiger partial charge is 0.469 e. The van der Waals surface area contributed by atoms with Gasteiger partial charge in [0.15, 0.2) is 0 Å². The van der Waals surface area contributed by atoms with Crippen molar-refractivity contribution in [3.63, 3.8) is 0 Å². The molecule has 0 radical (unpaired) electrons. The van der Waals surface area contributed by atoms with Gasteiger partial charge in [-0.1, -0.05) is 0 Å². The van der Waals surface area contributed by atoms with E-state index >= 15 is 0 Å². The van der Waals surface area contributed by atoms with Crippen molar-refractivity contribution in [2.75, 3.05) is 0 Å². The molecule has 1 amide bonds. The Bertz CT molecular complexity index is 335. The summed E-state index contributed by atoms with van der Waals surface area (Å²) < 4.78 is 5.22. The SMILES string of the molecule is CC1CCCC(C)N1C(=O)Cc1ccco1. The molecule has 0 saturated carbocycles. The Morgan fingerprint density at radius 3 is 2.69 bits per heavy atom. The summed E-state index contributed by atoms with van der Waals surface area (Å²) >= 11 is 0. The molecule has 0 bridgehead atoms. The van der Waals surface area contributed by atoms with Gasteiger partial charge >= 0.3 is 0 Å². The number of carbonyl (C=O) groups excluding carboxylic acids is 1. The van der Waals surface area contributed by atoms with Crippen LogP contribution in [0.2, 0.25) is 0 Å². The fourth-order valence-corrected chi connectivity index (χ4v) is 2.57. The number of carbonyl (C=O) groups is 1. The molecule has 1 fully saturated rings. The van der Waals surface area contributed by atoms with E-state index < -0.39 is 0 Å². The number of nitrogens with zero attached hydrogens (tertiary/aromatic N) is 1. The molecule has 16 heavy (non-hydrogen) atoms. The van der Waals surface area contributed by atoms with Crippen LogP contribution in [0, 0.1) is 0 Å². The van der Waals surface area contributed by atoms with Crippen LogP contribution < -0.4 is 0 Å². The number of likely N-dealkylation sites (tertiary alicyclic amines) is 1. The van der Waals surface area contributed by atoms with Gasteiger partial charge in [-0.3, -0.25) is 4.79 Å². The summed E-state index contributed by atoms with van der Waals surface area (Å²) in [5.41, 5.74) is 0. The van der Waals surface area contributed by atoms with Gasteiger partial charge in [0.2, 0.25) is 5.91 Å². The van der Waals surface area contributed by atoms with Gasteiger partial charge in [0.05, 0.1) is 12.7 Å². The average molecular weight is 221 g/mol. The van der Waals surface area contributed by atoms with Gasteiger partial charge in [0.1, 0.15) is 5.76 Å². The van der Waals surface area contributed by atoms with Crippen molar-refractivity contribution in [2.24, 2.45) is 0 Å². The van der Waals surface area contributed by atoms with E-state index in [-0.39, 0.29) is 5.91 Å². The second-order valence-electron chi connectivity index (χ2n) is 4.69. The zero-order valence-electron chi connectivity index (χ0n) is 9.98. The maximum atomic E-state index is 12.2. The zero-order chi connectivity index (χ0) is 11.5. The molecule has 1 aromatic heterocycles. The van der Waals surface area contributed by atoms with E-state index in [2.05, 4.69) is 13.8 Å². The average Bonchev–Trinajstić information content (AvgIpc) is 2.70. The number of rotatable bonds is 2. The summed E-state index contributed by atoms with van der Waals surface area (Å²) in [4.78, 5) is 14.2. The lowest BCUT2D eigenvalue weighted by Gasteiger charge is -2.39. The molecule has 2 atom stereocenters. The van der Waals surface area contributed by atoms with E-state index in [1.807, 2.05) is 17.0 Å². The number of amides is 1. The van der Waals surface area contributed by atoms with Crippen molar-refractivity contribution in [1.82, 2.24) is 4.90 Å². The first-order chi connectivity index (χ1) is 7.68. The molecule has 1 aliphatic rings. The van der Waals surface area contributed by atoms with Crippen molar-refractivity contribution in [3.05, 3.63) is 24.2 Å². The van der Waals surface area contributed by atoms with Crippen molar-refractivity contribution in [2.45, 2.75) is 51.6 Å². The van der Waals surface area contributed by atoms with Gasteiger partial charge in [-0.05, 0) is 45.2 Å². The number of hydrogen-bond acceptors (Lipinski definition) is 2. The van der Waals surface area contributed by atoms with Crippen LogP contribution in [0.15, 0.2) is 22.8 Å². The molecule has 1 saturated heterocycles. The number of hydrogen-bond donors (Lipinski definition) is 0. The minimum Gasteiger partial charge on any atom is -0.469 e. The van der Waals surface area contributed by atoms with E-state index in [0.717, 1.165) is 18.6 Å². The third-order valence-corrected chi connectivity index (χ3v) is 3.39. The van der Waals surface area contributed by atoms with E-state index in [4.69, 9.17) is 4.42 Å². The van der Waals surface area contributed by atoms with Crippen LogP contribution in [0.3, 0.4) is 0 Å². The van der Waals surface area contributed by atoms with Crippen LogP contribution >= 0.6 is 0 Å². The maximum Gasteiger partial charge on any atom is 0.230 e. The summed E-state index contributed by atoms with van der Waals surface area (Å²) in [6.45, 7) is 4.27. The van der Waals surface area contributed by atoms with Crippen LogP contribution in [0.5, 0.6) is 0 Å². The molecule has 2 rings (SSSR count). The van der Waals surface area contributed by atoms with E-state index in [0.29, 0.717) is 18.5 Å². The molecule has 0 aromatic carbocycles. The topological polar surface area (TPSA) is 33.5 Å². The quantitative estimate of drug-likeness (QED) is 0.769. The second-order valence-corrected chi connectivity index (χ2v) is 4.69. The van der Waals surface area contributed by atoms with Gasteiger partial charge in [0, 0.05) is 12.1 Å². The predicted octanol–water partition coefficient (Wildman–Crippen LogP) is 2.61. The lowest BCUT2D eigenvalue weighted by atomic mass is 9.97. The highest BCUT2D eigenvalue weighted by Crippen LogP contribution is 2.23. The maximum absolute atomic E-state index is 12.2. The Morgan fingerprint density at radius 1 is 1.44 bits per heavy atom. The predicted molar refractivity (Wildman–Crippen MR) is 62.0 cm³/mol. The lowest BCUT2D eigenvalue weighted by molar-refractivity contribution is -0.136. The molecule has 88 valence electrons. The molecular weight excluding hydrogens is 202 g/mol. The van der Waals surface area contributed by atoms with E-state index in [1.165, 1.54) is 6.42 Å². The van der Waals surface area contributed by atoms with Crippen molar-refractivity contribution in [3.8, 4) is 0 Å². The summed E-state index contributed by atoms with van der Waals surface area (Å²) in [6.07, 6.45) is 5.47.